The second-order valence-corrected chi connectivity index (χ2v) is 3.70. The monoisotopic (exact) mass is 182 g/mol. The van der Waals surface area contributed by atoms with Gasteiger partial charge in [0, 0.05) is 24.2 Å². The van der Waals surface area contributed by atoms with Crippen LogP contribution in [-0.2, 0) is 0 Å². The standard InChI is InChI=1S/C9H14N2S/c1-7-3-4-11-5-8(7)9(10)6-12-2/h3-5,9H,6,10H2,1-2H3. The van der Waals surface area contributed by atoms with Crippen LogP contribution in [0.3, 0.4) is 0 Å². The van der Waals surface area contributed by atoms with Gasteiger partial charge in [-0.3, -0.25) is 4.98 Å². The molecule has 0 spiro atoms. The molecule has 0 saturated carbocycles. The highest BCUT2D eigenvalue weighted by Crippen LogP contribution is 2.16. The molecule has 1 aromatic rings. The molecule has 66 valence electrons. The summed E-state index contributed by atoms with van der Waals surface area (Å²) in [5.41, 5.74) is 8.33. The van der Waals surface area contributed by atoms with E-state index >= 15 is 0 Å². The maximum Gasteiger partial charge on any atom is 0.0404 e. The summed E-state index contributed by atoms with van der Waals surface area (Å²) in [6.07, 6.45) is 5.71. The number of aryl methyl sites for hydroxylation is 1. The number of pyridine rings is 1. The number of aromatic nitrogens is 1. The van der Waals surface area contributed by atoms with Crippen LogP contribution < -0.4 is 5.73 Å². The van der Waals surface area contributed by atoms with Crippen molar-refractivity contribution in [3.63, 3.8) is 0 Å². The number of nitrogens with zero attached hydrogens (tertiary/aromatic N) is 1. The lowest BCUT2D eigenvalue weighted by Crippen LogP contribution is -2.14. The van der Waals surface area contributed by atoms with Gasteiger partial charge in [0.05, 0.1) is 0 Å². The minimum Gasteiger partial charge on any atom is -0.323 e. The van der Waals surface area contributed by atoms with E-state index in [4.69, 9.17) is 5.73 Å². The fourth-order valence-electron chi connectivity index (χ4n) is 1.13. The van der Waals surface area contributed by atoms with Crippen molar-refractivity contribution in [1.29, 1.82) is 0 Å². The van der Waals surface area contributed by atoms with E-state index in [-0.39, 0.29) is 6.04 Å². The molecule has 1 unspecified atom stereocenters. The maximum absolute atomic E-state index is 5.95. The Morgan fingerprint density at radius 1 is 1.67 bits per heavy atom. The molecular weight excluding hydrogens is 168 g/mol. The Labute approximate surface area is 77.6 Å². The number of rotatable bonds is 3. The average molecular weight is 182 g/mol. The van der Waals surface area contributed by atoms with Crippen LogP contribution in [0.2, 0.25) is 0 Å². The lowest BCUT2D eigenvalue weighted by atomic mass is 10.1. The first-order chi connectivity index (χ1) is 5.75. The first-order valence-electron chi connectivity index (χ1n) is 3.90. The summed E-state index contributed by atoms with van der Waals surface area (Å²) in [6, 6.07) is 2.11. The largest absolute Gasteiger partial charge is 0.323 e. The third kappa shape index (κ3) is 2.22. The molecule has 3 heteroatoms. The molecule has 0 fully saturated rings. The van der Waals surface area contributed by atoms with Crippen LogP contribution in [0.15, 0.2) is 18.5 Å². The summed E-state index contributed by atoms with van der Waals surface area (Å²) in [6.45, 7) is 2.07. The molecular formula is C9H14N2S. The van der Waals surface area contributed by atoms with Crippen LogP contribution in [0.4, 0.5) is 0 Å². The van der Waals surface area contributed by atoms with Gasteiger partial charge in [0.2, 0.25) is 0 Å². The summed E-state index contributed by atoms with van der Waals surface area (Å²) in [5.74, 6) is 0.951. The Bertz CT molecular complexity index is 250. The van der Waals surface area contributed by atoms with Crippen molar-refractivity contribution in [2.24, 2.45) is 5.73 Å². The Hall–Kier alpha value is -0.540. The fourth-order valence-corrected chi connectivity index (χ4v) is 1.67. The summed E-state index contributed by atoms with van der Waals surface area (Å²) in [5, 5.41) is 0. The molecule has 0 radical (unpaired) electrons. The highest BCUT2D eigenvalue weighted by Gasteiger charge is 2.06. The van der Waals surface area contributed by atoms with Crippen LogP contribution in [0, 0.1) is 6.92 Å². The van der Waals surface area contributed by atoms with Gasteiger partial charge in [-0.1, -0.05) is 0 Å². The fraction of sp³-hybridized carbons (Fsp3) is 0.444. The molecule has 0 bridgehead atoms. The van der Waals surface area contributed by atoms with Gasteiger partial charge in [-0.05, 0) is 30.4 Å². The Kier molecular flexibility index (Phi) is 3.56. The maximum atomic E-state index is 5.95. The summed E-state index contributed by atoms with van der Waals surface area (Å²) >= 11 is 1.76. The van der Waals surface area contributed by atoms with Crippen LogP contribution in [-0.4, -0.2) is 17.0 Å². The zero-order valence-electron chi connectivity index (χ0n) is 7.45. The second-order valence-electron chi connectivity index (χ2n) is 2.79. The van der Waals surface area contributed by atoms with Gasteiger partial charge in [-0.15, -0.1) is 0 Å². The van der Waals surface area contributed by atoms with Gasteiger partial charge in [0.25, 0.3) is 0 Å². The van der Waals surface area contributed by atoms with Crippen LogP contribution >= 0.6 is 11.8 Å². The summed E-state index contributed by atoms with van der Waals surface area (Å²) < 4.78 is 0. The van der Waals surface area contributed by atoms with E-state index in [1.165, 1.54) is 5.56 Å². The minimum absolute atomic E-state index is 0.119. The van der Waals surface area contributed by atoms with Crippen molar-refractivity contribution in [2.45, 2.75) is 13.0 Å². The third-order valence-electron chi connectivity index (χ3n) is 1.83. The summed E-state index contributed by atoms with van der Waals surface area (Å²) in [4.78, 5) is 4.06. The minimum atomic E-state index is 0.119. The van der Waals surface area contributed by atoms with E-state index in [9.17, 15) is 0 Å². The van der Waals surface area contributed by atoms with Crippen molar-refractivity contribution in [3.05, 3.63) is 29.6 Å². The lowest BCUT2D eigenvalue weighted by molar-refractivity contribution is 0.816. The molecule has 1 atom stereocenters. The zero-order chi connectivity index (χ0) is 8.97. The molecule has 0 aliphatic carbocycles. The van der Waals surface area contributed by atoms with Crippen molar-refractivity contribution in [2.75, 3.05) is 12.0 Å². The van der Waals surface area contributed by atoms with E-state index in [0.29, 0.717) is 0 Å². The number of hydrogen-bond donors (Lipinski definition) is 1. The van der Waals surface area contributed by atoms with Gasteiger partial charge in [0.15, 0.2) is 0 Å². The Morgan fingerprint density at radius 3 is 3.00 bits per heavy atom. The molecule has 1 aromatic heterocycles. The molecule has 0 aliphatic heterocycles. The van der Waals surface area contributed by atoms with E-state index in [0.717, 1.165) is 11.3 Å². The van der Waals surface area contributed by atoms with Crippen LogP contribution in [0.5, 0.6) is 0 Å². The first-order valence-corrected chi connectivity index (χ1v) is 5.30. The van der Waals surface area contributed by atoms with E-state index in [1.807, 2.05) is 12.3 Å². The molecule has 0 aliphatic rings. The first kappa shape index (κ1) is 9.55. The third-order valence-corrected chi connectivity index (χ3v) is 2.52. The SMILES string of the molecule is CSCC(N)c1cnccc1C. The molecule has 0 amide bonds. The lowest BCUT2D eigenvalue weighted by Gasteiger charge is -2.11. The van der Waals surface area contributed by atoms with E-state index in [2.05, 4.69) is 18.2 Å². The molecule has 1 rings (SSSR count). The summed E-state index contributed by atoms with van der Waals surface area (Å²) in [7, 11) is 0. The van der Waals surface area contributed by atoms with E-state index < -0.39 is 0 Å². The molecule has 0 aromatic carbocycles. The molecule has 2 N–H and O–H groups in total. The Morgan fingerprint density at radius 2 is 2.42 bits per heavy atom. The smallest absolute Gasteiger partial charge is 0.0404 e. The highest BCUT2D eigenvalue weighted by molar-refractivity contribution is 7.98. The topological polar surface area (TPSA) is 38.9 Å². The quantitative estimate of drug-likeness (QED) is 0.774. The number of thioether (sulfide) groups is 1. The van der Waals surface area contributed by atoms with Gasteiger partial charge in [0.1, 0.15) is 0 Å². The second kappa shape index (κ2) is 4.48. The van der Waals surface area contributed by atoms with Gasteiger partial charge in [-0.2, -0.15) is 11.8 Å². The van der Waals surface area contributed by atoms with Gasteiger partial charge in [-0.25, -0.2) is 0 Å². The van der Waals surface area contributed by atoms with Crippen molar-refractivity contribution >= 4 is 11.8 Å². The van der Waals surface area contributed by atoms with E-state index in [1.54, 1.807) is 18.0 Å². The highest BCUT2D eigenvalue weighted by atomic mass is 32.2. The van der Waals surface area contributed by atoms with Crippen LogP contribution in [0.25, 0.3) is 0 Å². The van der Waals surface area contributed by atoms with Gasteiger partial charge < -0.3 is 5.73 Å². The van der Waals surface area contributed by atoms with Crippen molar-refractivity contribution < 1.29 is 0 Å². The molecule has 0 saturated heterocycles. The van der Waals surface area contributed by atoms with Crippen molar-refractivity contribution in [1.82, 2.24) is 4.98 Å². The van der Waals surface area contributed by atoms with Crippen molar-refractivity contribution in [3.8, 4) is 0 Å². The average Bonchev–Trinajstić information content (AvgIpc) is 2.05. The molecule has 2 nitrogen and oxygen atoms in total. The normalized spacial score (nSPS) is 12.9. The molecule has 1 heterocycles. The zero-order valence-corrected chi connectivity index (χ0v) is 8.27. The van der Waals surface area contributed by atoms with Crippen LogP contribution in [0.1, 0.15) is 17.2 Å². The number of nitrogens with two attached hydrogens (primary N) is 1. The predicted octanol–water partition coefficient (Wildman–Crippen LogP) is 1.75. The van der Waals surface area contributed by atoms with Gasteiger partial charge >= 0.3 is 0 Å². The molecule has 12 heavy (non-hydrogen) atoms. The Balaban J connectivity index is 2.79. The predicted molar refractivity (Wildman–Crippen MR) is 54.3 cm³/mol. The number of hydrogen-bond acceptors (Lipinski definition) is 3.